The maximum absolute atomic E-state index is 12.8. The molecule has 0 spiro atoms. The predicted octanol–water partition coefficient (Wildman–Crippen LogP) is 3.22. The number of rotatable bonds is 4. The molecule has 9 nitrogen and oxygen atoms in total. The Balaban J connectivity index is 1.45. The maximum Gasteiger partial charge on any atom is 0.355 e. The Morgan fingerprint density at radius 2 is 1.70 bits per heavy atom. The van der Waals surface area contributed by atoms with Gasteiger partial charge in [-0.2, -0.15) is 9.97 Å². The quantitative estimate of drug-likeness (QED) is 0.406. The van der Waals surface area contributed by atoms with Crippen LogP contribution in [-0.2, 0) is 0 Å². The Bertz CT molecular complexity index is 1360. The van der Waals surface area contributed by atoms with Gasteiger partial charge in [-0.1, -0.05) is 29.3 Å². The Kier molecular flexibility index (Phi) is 5.76. The highest BCUT2D eigenvalue weighted by molar-refractivity contribution is 6.37. The van der Waals surface area contributed by atoms with Crippen LogP contribution in [0.4, 0.5) is 23.1 Å². The minimum absolute atomic E-state index is 0.104. The Labute approximate surface area is 199 Å². The van der Waals surface area contributed by atoms with E-state index >= 15 is 0 Å². The van der Waals surface area contributed by atoms with E-state index in [1.807, 2.05) is 12.1 Å². The van der Waals surface area contributed by atoms with Crippen LogP contribution in [0.2, 0.25) is 10.0 Å². The molecule has 3 heterocycles. The zero-order valence-corrected chi connectivity index (χ0v) is 18.9. The first kappa shape index (κ1) is 21.4. The second-order valence-electron chi connectivity index (χ2n) is 7.53. The van der Waals surface area contributed by atoms with Crippen LogP contribution in [0.5, 0.6) is 0 Å². The predicted molar refractivity (Wildman–Crippen MR) is 132 cm³/mol. The molecule has 0 aliphatic carbocycles. The summed E-state index contributed by atoms with van der Waals surface area (Å²) in [6.07, 6.45) is 1.52. The first-order chi connectivity index (χ1) is 16.0. The topological polar surface area (TPSA) is 114 Å². The van der Waals surface area contributed by atoms with E-state index in [9.17, 15) is 4.79 Å². The molecule has 2 aromatic heterocycles. The third-order valence-electron chi connectivity index (χ3n) is 5.45. The minimum Gasteiger partial charge on any atom is -0.384 e. The number of nitrogens with one attached hydrogen (secondary N) is 2. The fourth-order valence-corrected chi connectivity index (χ4v) is 4.36. The fourth-order valence-electron chi connectivity index (χ4n) is 3.79. The van der Waals surface area contributed by atoms with E-state index in [-0.39, 0.29) is 27.2 Å². The summed E-state index contributed by atoms with van der Waals surface area (Å²) in [6, 6.07) is 13.0. The molecule has 0 atom stereocenters. The number of aromatic nitrogens is 4. The molecule has 1 saturated heterocycles. The van der Waals surface area contributed by atoms with E-state index in [1.54, 1.807) is 18.2 Å². The number of para-hydroxylation sites is 1. The second-order valence-corrected chi connectivity index (χ2v) is 8.34. The van der Waals surface area contributed by atoms with Crippen molar-refractivity contribution in [3.05, 3.63) is 69.2 Å². The molecular weight excluding hydrogens is 463 g/mol. The zero-order chi connectivity index (χ0) is 22.9. The largest absolute Gasteiger partial charge is 0.384 e. The summed E-state index contributed by atoms with van der Waals surface area (Å²) in [5.41, 5.74) is 8.06. The summed E-state index contributed by atoms with van der Waals surface area (Å²) in [5.74, 6) is 0.407. The van der Waals surface area contributed by atoms with Crippen LogP contribution in [0.15, 0.2) is 53.5 Å². The fraction of sp³-hybridized carbons (Fsp3) is 0.182. The summed E-state index contributed by atoms with van der Waals surface area (Å²) >= 11 is 12.5. The molecule has 1 fully saturated rings. The number of piperazine rings is 1. The molecule has 33 heavy (non-hydrogen) atoms. The standard InChI is InChI=1S/C22H20Cl2N8O/c23-16-2-1-3-17(24)18(16)32-19(25)15-12-27-21(29-20(15)30-22(32)33)28-13-4-6-14(7-5-13)31-10-8-26-9-11-31/h1-7,12,26H,8-11,25H2,(H,28,29,30,33). The number of fused-ring (bicyclic) bond motifs is 1. The van der Waals surface area contributed by atoms with Gasteiger partial charge in [-0.3, -0.25) is 0 Å². The van der Waals surface area contributed by atoms with Gasteiger partial charge in [0.1, 0.15) is 5.82 Å². The third kappa shape index (κ3) is 4.18. The van der Waals surface area contributed by atoms with E-state index in [2.05, 4.69) is 42.6 Å². The van der Waals surface area contributed by atoms with Crippen molar-refractivity contribution < 1.29 is 0 Å². The van der Waals surface area contributed by atoms with Gasteiger partial charge in [-0.15, -0.1) is 0 Å². The molecule has 168 valence electrons. The van der Waals surface area contributed by atoms with Gasteiger partial charge in [-0.05, 0) is 36.4 Å². The van der Waals surface area contributed by atoms with Crippen LogP contribution in [0.3, 0.4) is 0 Å². The molecule has 4 aromatic rings. The number of nitrogens with two attached hydrogens (primary N) is 1. The molecule has 0 unspecified atom stereocenters. The SMILES string of the molecule is Nc1c2cnc(Nc3ccc(N4CCNCC4)cc3)nc2nc(=O)n1-c1c(Cl)cccc1Cl. The summed E-state index contributed by atoms with van der Waals surface area (Å²) in [6.45, 7) is 3.91. The first-order valence-electron chi connectivity index (χ1n) is 10.3. The molecule has 11 heteroatoms. The monoisotopic (exact) mass is 482 g/mol. The normalized spacial score (nSPS) is 13.9. The van der Waals surface area contributed by atoms with Crippen molar-refractivity contribution in [3.8, 4) is 5.69 Å². The van der Waals surface area contributed by atoms with Crippen LogP contribution in [0.1, 0.15) is 0 Å². The maximum atomic E-state index is 12.8. The van der Waals surface area contributed by atoms with Crippen LogP contribution in [-0.4, -0.2) is 45.7 Å². The smallest absolute Gasteiger partial charge is 0.355 e. The highest BCUT2D eigenvalue weighted by atomic mass is 35.5. The second kappa shape index (κ2) is 8.86. The summed E-state index contributed by atoms with van der Waals surface area (Å²) in [7, 11) is 0. The lowest BCUT2D eigenvalue weighted by atomic mass is 10.2. The van der Waals surface area contributed by atoms with E-state index in [0.717, 1.165) is 42.1 Å². The number of hydrogen-bond acceptors (Lipinski definition) is 8. The summed E-state index contributed by atoms with van der Waals surface area (Å²) in [4.78, 5) is 27.9. The molecule has 0 amide bonds. The first-order valence-corrected chi connectivity index (χ1v) is 11.1. The summed E-state index contributed by atoms with van der Waals surface area (Å²) in [5, 5.41) is 7.46. The van der Waals surface area contributed by atoms with E-state index in [4.69, 9.17) is 28.9 Å². The van der Waals surface area contributed by atoms with E-state index < -0.39 is 5.69 Å². The van der Waals surface area contributed by atoms with Crippen LogP contribution < -0.4 is 27.0 Å². The zero-order valence-electron chi connectivity index (χ0n) is 17.4. The molecule has 4 N–H and O–H groups in total. The molecule has 1 aliphatic rings. The van der Waals surface area contributed by atoms with Crippen molar-refractivity contribution in [1.29, 1.82) is 0 Å². The van der Waals surface area contributed by atoms with Gasteiger partial charge in [0.25, 0.3) is 0 Å². The number of anilines is 4. The van der Waals surface area contributed by atoms with Gasteiger partial charge in [0.05, 0.1) is 21.1 Å². The molecule has 0 radical (unpaired) electrons. The van der Waals surface area contributed by atoms with Crippen molar-refractivity contribution in [2.24, 2.45) is 0 Å². The lowest BCUT2D eigenvalue weighted by Gasteiger charge is -2.29. The number of halogens is 2. The lowest BCUT2D eigenvalue weighted by Crippen LogP contribution is -2.43. The lowest BCUT2D eigenvalue weighted by molar-refractivity contribution is 0.589. The Morgan fingerprint density at radius 3 is 2.39 bits per heavy atom. The number of benzene rings is 2. The van der Waals surface area contributed by atoms with Crippen LogP contribution in [0.25, 0.3) is 16.7 Å². The van der Waals surface area contributed by atoms with E-state index in [1.165, 1.54) is 6.20 Å². The molecule has 0 bridgehead atoms. The molecule has 1 aliphatic heterocycles. The third-order valence-corrected chi connectivity index (χ3v) is 6.06. The van der Waals surface area contributed by atoms with Crippen LogP contribution in [0, 0.1) is 0 Å². The van der Waals surface area contributed by atoms with Crippen molar-refractivity contribution in [2.45, 2.75) is 0 Å². The highest BCUT2D eigenvalue weighted by Crippen LogP contribution is 2.30. The van der Waals surface area contributed by atoms with Gasteiger partial charge in [0, 0.05) is 43.8 Å². The van der Waals surface area contributed by atoms with Gasteiger partial charge in [0.2, 0.25) is 5.95 Å². The Hall–Kier alpha value is -3.40. The number of nitrogens with zero attached hydrogens (tertiary/aromatic N) is 5. The molecule has 0 saturated carbocycles. The highest BCUT2D eigenvalue weighted by Gasteiger charge is 2.17. The number of nitrogen functional groups attached to an aromatic ring is 1. The Morgan fingerprint density at radius 1 is 1.00 bits per heavy atom. The van der Waals surface area contributed by atoms with Gasteiger partial charge in [0.15, 0.2) is 5.65 Å². The average Bonchev–Trinajstić information content (AvgIpc) is 2.82. The van der Waals surface area contributed by atoms with Gasteiger partial charge in [-0.25, -0.2) is 14.3 Å². The van der Waals surface area contributed by atoms with Crippen molar-refractivity contribution in [3.63, 3.8) is 0 Å². The van der Waals surface area contributed by atoms with Gasteiger partial charge < -0.3 is 21.3 Å². The molecule has 5 rings (SSSR count). The van der Waals surface area contributed by atoms with Crippen molar-refractivity contribution >= 4 is 57.4 Å². The van der Waals surface area contributed by atoms with E-state index in [0.29, 0.717) is 11.3 Å². The molecular formula is C22H20Cl2N8O. The van der Waals surface area contributed by atoms with Crippen molar-refractivity contribution in [2.75, 3.05) is 42.1 Å². The number of hydrogen-bond donors (Lipinski definition) is 3. The average molecular weight is 483 g/mol. The van der Waals surface area contributed by atoms with Gasteiger partial charge >= 0.3 is 5.69 Å². The molecule has 2 aromatic carbocycles. The summed E-state index contributed by atoms with van der Waals surface area (Å²) < 4.78 is 1.16. The van der Waals surface area contributed by atoms with Crippen LogP contribution >= 0.6 is 23.2 Å². The van der Waals surface area contributed by atoms with Crippen molar-refractivity contribution in [1.82, 2.24) is 24.8 Å². The minimum atomic E-state index is -0.639.